The highest BCUT2D eigenvalue weighted by Crippen LogP contribution is 2.30. The SMILES string of the molecule is CO/C(O)=C1/C(=O)NCC1c1ccc(C)cc1. The minimum Gasteiger partial charge on any atom is -0.481 e. The van der Waals surface area contributed by atoms with E-state index in [9.17, 15) is 9.90 Å². The fourth-order valence-corrected chi connectivity index (χ4v) is 1.99. The van der Waals surface area contributed by atoms with Crippen LogP contribution < -0.4 is 5.32 Å². The Kier molecular flexibility index (Phi) is 3.04. The van der Waals surface area contributed by atoms with Crippen molar-refractivity contribution in [1.29, 1.82) is 0 Å². The first-order chi connectivity index (χ1) is 8.13. The summed E-state index contributed by atoms with van der Waals surface area (Å²) in [7, 11) is 1.35. The van der Waals surface area contributed by atoms with Gasteiger partial charge in [0, 0.05) is 12.5 Å². The standard InChI is InChI=1S/C13H15NO3/c1-8-3-5-9(6-4-8)10-7-14-12(15)11(10)13(16)17-2/h3-6,10,16H,7H2,1-2H3,(H,14,15)/b13-11+. The zero-order valence-electron chi connectivity index (χ0n) is 9.86. The van der Waals surface area contributed by atoms with Crippen LogP contribution in [0.1, 0.15) is 17.0 Å². The van der Waals surface area contributed by atoms with E-state index in [4.69, 9.17) is 4.74 Å². The first-order valence-corrected chi connectivity index (χ1v) is 5.45. The number of rotatable bonds is 2. The molecule has 17 heavy (non-hydrogen) atoms. The molecule has 1 fully saturated rings. The van der Waals surface area contributed by atoms with Gasteiger partial charge in [-0.3, -0.25) is 4.79 Å². The van der Waals surface area contributed by atoms with E-state index in [2.05, 4.69) is 5.32 Å². The predicted molar refractivity (Wildman–Crippen MR) is 63.6 cm³/mol. The van der Waals surface area contributed by atoms with E-state index >= 15 is 0 Å². The van der Waals surface area contributed by atoms with Gasteiger partial charge < -0.3 is 15.2 Å². The lowest BCUT2D eigenvalue weighted by Gasteiger charge is -2.11. The molecular weight excluding hydrogens is 218 g/mol. The van der Waals surface area contributed by atoms with Crippen molar-refractivity contribution in [2.75, 3.05) is 13.7 Å². The Morgan fingerprint density at radius 1 is 1.41 bits per heavy atom. The normalized spacial score (nSPS) is 22.2. The van der Waals surface area contributed by atoms with Crippen molar-refractivity contribution >= 4 is 5.91 Å². The van der Waals surface area contributed by atoms with Crippen molar-refractivity contribution in [3.05, 3.63) is 46.9 Å². The average molecular weight is 233 g/mol. The van der Waals surface area contributed by atoms with Gasteiger partial charge >= 0.3 is 0 Å². The molecule has 1 aliphatic heterocycles. The summed E-state index contributed by atoms with van der Waals surface area (Å²) in [6.07, 6.45) is 0. The second-order valence-electron chi connectivity index (χ2n) is 4.10. The molecule has 0 saturated carbocycles. The van der Waals surface area contributed by atoms with Gasteiger partial charge in [0.1, 0.15) is 5.57 Å². The predicted octanol–water partition coefficient (Wildman–Crippen LogP) is 1.62. The van der Waals surface area contributed by atoms with Crippen molar-refractivity contribution in [3.8, 4) is 0 Å². The number of amides is 1. The third-order valence-corrected chi connectivity index (χ3v) is 2.96. The number of aliphatic hydroxyl groups is 1. The fourth-order valence-electron chi connectivity index (χ4n) is 1.99. The molecule has 1 heterocycles. The van der Waals surface area contributed by atoms with E-state index in [1.54, 1.807) is 0 Å². The van der Waals surface area contributed by atoms with Crippen LogP contribution in [-0.2, 0) is 9.53 Å². The number of benzene rings is 1. The first kappa shape index (κ1) is 11.5. The summed E-state index contributed by atoms with van der Waals surface area (Å²) < 4.78 is 4.75. The van der Waals surface area contributed by atoms with E-state index < -0.39 is 0 Å². The van der Waals surface area contributed by atoms with Crippen LogP contribution in [0.5, 0.6) is 0 Å². The average Bonchev–Trinajstić information content (AvgIpc) is 2.71. The molecule has 1 amide bonds. The largest absolute Gasteiger partial charge is 0.481 e. The van der Waals surface area contributed by atoms with E-state index in [0.29, 0.717) is 12.1 Å². The number of ether oxygens (including phenoxy) is 1. The lowest BCUT2D eigenvalue weighted by Crippen LogP contribution is -2.15. The van der Waals surface area contributed by atoms with Crippen LogP contribution in [0.4, 0.5) is 0 Å². The van der Waals surface area contributed by atoms with E-state index in [0.717, 1.165) is 11.1 Å². The Morgan fingerprint density at radius 3 is 2.65 bits per heavy atom. The van der Waals surface area contributed by atoms with Crippen LogP contribution in [-0.4, -0.2) is 24.7 Å². The molecule has 1 unspecified atom stereocenters. The third-order valence-electron chi connectivity index (χ3n) is 2.96. The summed E-state index contributed by atoms with van der Waals surface area (Å²) in [5.41, 5.74) is 2.46. The molecule has 1 aromatic carbocycles. The fraction of sp³-hybridized carbons (Fsp3) is 0.308. The third kappa shape index (κ3) is 2.11. The molecule has 90 valence electrons. The number of nitrogens with one attached hydrogen (secondary N) is 1. The van der Waals surface area contributed by atoms with Crippen molar-refractivity contribution in [3.63, 3.8) is 0 Å². The second-order valence-corrected chi connectivity index (χ2v) is 4.10. The van der Waals surface area contributed by atoms with Crippen LogP contribution in [0.15, 0.2) is 35.8 Å². The highest BCUT2D eigenvalue weighted by Gasteiger charge is 2.33. The van der Waals surface area contributed by atoms with Gasteiger partial charge in [0.15, 0.2) is 0 Å². The van der Waals surface area contributed by atoms with Gasteiger partial charge in [0.25, 0.3) is 11.9 Å². The van der Waals surface area contributed by atoms with Crippen molar-refractivity contribution < 1.29 is 14.6 Å². The maximum Gasteiger partial charge on any atom is 0.286 e. The summed E-state index contributed by atoms with van der Waals surface area (Å²) in [4.78, 5) is 11.6. The zero-order valence-corrected chi connectivity index (χ0v) is 9.86. The quantitative estimate of drug-likeness (QED) is 0.603. The highest BCUT2D eigenvalue weighted by atomic mass is 16.6. The van der Waals surface area contributed by atoms with Crippen LogP contribution >= 0.6 is 0 Å². The lowest BCUT2D eigenvalue weighted by atomic mass is 9.93. The molecule has 2 rings (SSSR count). The van der Waals surface area contributed by atoms with Crippen molar-refractivity contribution in [2.45, 2.75) is 12.8 Å². The van der Waals surface area contributed by atoms with E-state index in [-0.39, 0.29) is 17.8 Å². The molecular formula is C13H15NO3. The topological polar surface area (TPSA) is 58.6 Å². The molecule has 1 saturated heterocycles. The van der Waals surface area contributed by atoms with Gasteiger partial charge in [-0.25, -0.2) is 0 Å². The maximum absolute atomic E-state index is 11.6. The molecule has 2 N–H and O–H groups in total. The van der Waals surface area contributed by atoms with Crippen LogP contribution in [0.25, 0.3) is 0 Å². The Hall–Kier alpha value is -1.97. The number of methoxy groups -OCH3 is 1. The lowest BCUT2D eigenvalue weighted by molar-refractivity contribution is -0.116. The monoisotopic (exact) mass is 233 g/mol. The van der Waals surface area contributed by atoms with Gasteiger partial charge in [0.05, 0.1) is 7.11 Å². The van der Waals surface area contributed by atoms with Crippen LogP contribution in [0, 0.1) is 6.92 Å². The summed E-state index contributed by atoms with van der Waals surface area (Å²) in [5.74, 6) is -0.719. The van der Waals surface area contributed by atoms with Crippen molar-refractivity contribution in [1.82, 2.24) is 5.32 Å². The molecule has 4 nitrogen and oxygen atoms in total. The minimum atomic E-state index is -0.300. The Morgan fingerprint density at radius 2 is 2.06 bits per heavy atom. The summed E-state index contributed by atoms with van der Waals surface area (Å²) in [6, 6.07) is 7.89. The number of aryl methyl sites for hydroxylation is 1. The van der Waals surface area contributed by atoms with Gasteiger partial charge in [-0.2, -0.15) is 0 Å². The van der Waals surface area contributed by atoms with Crippen LogP contribution in [0.2, 0.25) is 0 Å². The smallest absolute Gasteiger partial charge is 0.286 e. The number of carbonyl (C=O) groups is 1. The van der Waals surface area contributed by atoms with Gasteiger partial charge in [0.2, 0.25) is 0 Å². The Bertz CT molecular complexity index is 462. The Balaban J connectivity index is 2.39. The molecule has 1 aliphatic rings. The molecule has 0 radical (unpaired) electrons. The van der Waals surface area contributed by atoms with Gasteiger partial charge in [-0.15, -0.1) is 0 Å². The van der Waals surface area contributed by atoms with Crippen LogP contribution in [0.3, 0.4) is 0 Å². The first-order valence-electron chi connectivity index (χ1n) is 5.45. The molecule has 0 aromatic heterocycles. The molecule has 0 aliphatic carbocycles. The molecule has 4 heteroatoms. The number of carbonyl (C=O) groups excluding carboxylic acids is 1. The zero-order chi connectivity index (χ0) is 12.4. The van der Waals surface area contributed by atoms with E-state index in [1.807, 2.05) is 31.2 Å². The highest BCUT2D eigenvalue weighted by molar-refractivity contribution is 5.97. The molecule has 1 aromatic rings. The molecule has 0 spiro atoms. The molecule has 0 bridgehead atoms. The summed E-state index contributed by atoms with van der Waals surface area (Å²) >= 11 is 0. The van der Waals surface area contributed by atoms with Gasteiger partial charge in [-0.05, 0) is 12.5 Å². The Labute approximate surface area is 99.9 Å². The number of aliphatic hydroxyl groups excluding tert-OH is 1. The number of hydrogen-bond donors (Lipinski definition) is 2. The van der Waals surface area contributed by atoms with E-state index in [1.165, 1.54) is 7.11 Å². The van der Waals surface area contributed by atoms with Gasteiger partial charge in [-0.1, -0.05) is 29.8 Å². The molecule has 1 atom stereocenters. The minimum absolute atomic E-state index is 0.150. The summed E-state index contributed by atoms with van der Waals surface area (Å²) in [6.45, 7) is 2.50. The maximum atomic E-state index is 11.6. The van der Waals surface area contributed by atoms with Crippen molar-refractivity contribution in [2.24, 2.45) is 0 Å². The second kappa shape index (κ2) is 4.49. The number of hydrogen-bond acceptors (Lipinski definition) is 3. The summed E-state index contributed by atoms with van der Waals surface area (Å²) in [5, 5.41) is 12.3.